The van der Waals surface area contributed by atoms with Crippen LogP contribution in [-0.4, -0.2) is 28.0 Å². The van der Waals surface area contributed by atoms with Crippen molar-refractivity contribution in [3.63, 3.8) is 0 Å². The number of nitrogens with zero attached hydrogens (tertiary/aromatic N) is 2. The fraction of sp³-hybridized carbons (Fsp3) is 0.200. The van der Waals surface area contributed by atoms with Crippen LogP contribution in [0.1, 0.15) is 34.6 Å². The summed E-state index contributed by atoms with van der Waals surface area (Å²) in [6.45, 7) is 2.02. The number of esters is 1. The third-order valence-electron chi connectivity index (χ3n) is 3.31. The summed E-state index contributed by atoms with van der Waals surface area (Å²) in [7, 11) is 0. The summed E-state index contributed by atoms with van der Waals surface area (Å²) in [5.74, 6) is -0.187. The van der Waals surface area contributed by atoms with Gasteiger partial charge in [0.25, 0.3) is 5.82 Å². The third-order valence-corrected chi connectivity index (χ3v) is 3.44. The molecule has 0 N–H and O–H groups in total. The minimum absolute atomic E-state index is 0.0298. The van der Waals surface area contributed by atoms with E-state index in [1.54, 1.807) is 6.92 Å². The summed E-state index contributed by atoms with van der Waals surface area (Å²) < 4.78 is 9.74. The van der Waals surface area contributed by atoms with Crippen LogP contribution in [-0.2, 0) is 22.4 Å². The molecular formula is C20H19ClN2O4. The maximum Gasteiger partial charge on any atom is 0.379 e. The first kappa shape index (κ1) is 20.3. The van der Waals surface area contributed by atoms with Crippen LogP contribution >= 0.6 is 11.6 Å². The number of halogens is 1. The van der Waals surface area contributed by atoms with Crippen LogP contribution in [0.25, 0.3) is 0 Å². The highest BCUT2D eigenvalue weighted by Crippen LogP contribution is 2.07. The zero-order valence-electron chi connectivity index (χ0n) is 14.8. The molecule has 0 aliphatic rings. The van der Waals surface area contributed by atoms with Crippen LogP contribution in [0.3, 0.4) is 0 Å². The Kier molecular flexibility index (Phi) is 8.19. The van der Waals surface area contributed by atoms with E-state index >= 15 is 0 Å². The highest BCUT2D eigenvalue weighted by molar-refractivity contribution is 6.63. The molecule has 7 heteroatoms. The molecule has 0 amide bonds. The minimum atomic E-state index is -0.560. The van der Waals surface area contributed by atoms with E-state index in [0.717, 1.165) is 11.1 Å². The fourth-order valence-corrected chi connectivity index (χ4v) is 2.29. The van der Waals surface area contributed by atoms with E-state index in [-0.39, 0.29) is 11.1 Å². The van der Waals surface area contributed by atoms with Gasteiger partial charge in [-0.1, -0.05) is 60.7 Å². The number of ether oxygens (including phenoxy) is 1. The van der Waals surface area contributed by atoms with Gasteiger partial charge in [-0.15, -0.1) is 0 Å². The number of hydrogen-bond acceptors (Lipinski definition) is 6. The monoisotopic (exact) mass is 386 g/mol. The number of carbonyl (C=O) groups is 2. The normalized spacial score (nSPS) is 9.85. The highest BCUT2D eigenvalue weighted by atomic mass is 35.5. The molecule has 0 saturated heterocycles. The lowest BCUT2D eigenvalue weighted by Gasteiger charge is -1.94. The molecule has 0 saturated carbocycles. The van der Waals surface area contributed by atoms with Crippen LogP contribution in [0.5, 0.6) is 0 Å². The van der Waals surface area contributed by atoms with Crippen molar-refractivity contribution >= 4 is 22.8 Å². The molecule has 0 atom stereocenters. The fourth-order valence-electron chi connectivity index (χ4n) is 2.13. The van der Waals surface area contributed by atoms with Crippen molar-refractivity contribution in [2.45, 2.75) is 19.8 Å². The predicted octanol–water partition coefficient (Wildman–Crippen LogP) is 3.83. The molecule has 0 aliphatic carbocycles. The smallest absolute Gasteiger partial charge is 0.379 e. The summed E-state index contributed by atoms with van der Waals surface area (Å²) in [4.78, 5) is 25.7. The first-order valence-electron chi connectivity index (χ1n) is 8.34. The molecule has 6 nitrogen and oxygen atoms in total. The summed E-state index contributed by atoms with van der Waals surface area (Å²) in [6.07, 6.45) is 0.829. The number of aromatic nitrogens is 2. The van der Waals surface area contributed by atoms with E-state index < -0.39 is 5.97 Å². The van der Waals surface area contributed by atoms with E-state index in [0.29, 0.717) is 25.3 Å². The Labute approximate surface area is 162 Å². The van der Waals surface area contributed by atoms with Gasteiger partial charge in [0, 0.05) is 6.42 Å². The lowest BCUT2D eigenvalue weighted by atomic mass is 10.1. The Balaban J connectivity index is 0.000000223. The summed E-state index contributed by atoms with van der Waals surface area (Å²) >= 11 is 5.17. The zero-order chi connectivity index (χ0) is 19.5. The van der Waals surface area contributed by atoms with Crippen LogP contribution < -0.4 is 0 Å². The topological polar surface area (TPSA) is 82.3 Å². The average molecular weight is 387 g/mol. The van der Waals surface area contributed by atoms with Gasteiger partial charge in [0.1, 0.15) is 0 Å². The molecule has 27 heavy (non-hydrogen) atoms. The first-order valence-corrected chi connectivity index (χ1v) is 8.72. The lowest BCUT2D eigenvalue weighted by Crippen LogP contribution is -2.06. The van der Waals surface area contributed by atoms with E-state index in [2.05, 4.69) is 10.1 Å². The van der Waals surface area contributed by atoms with Gasteiger partial charge < -0.3 is 9.26 Å². The Morgan fingerprint density at radius 1 is 1.00 bits per heavy atom. The Morgan fingerprint density at radius 2 is 1.59 bits per heavy atom. The van der Waals surface area contributed by atoms with Crippen molar-refractivity contribution in [1.82, 2.24) is 10.1 Å². The molecule has 140 valence electrons. The highest BCUT2D eigenvalue weighted by Gasteiger charge is 2.15. The molecule has 2 aromatic carbocycles. The van der Waals surface area contributed by atoms with E-state index in [9.17, 15) is 9.59 Å². The molecule has 3 rings (SSSR count). The number of hydrogen-bond donors (Lipinski definition) is 0. The summed E-state index contributed by atoms with van der Waals surface area (Å²) in [5, 5.41) is 3.26. The van der Waals surface area contributed by atoms with Gasteiger partial charge in [0.05, 0.1) is 13.0 Å². The Morgan fingerprint density at radius 3 is 2.15 bits per heavy atom. The van der Waals surface area contributed by atoms with Crippen molar-refractivity contribution in [2.75, 3.05) is 6.61 Å². The molecule has 1 heterocycles. The van der Waals surface area contributed by atoms with Gasteiger partial charge in [-0.2, -0.15) is 4.98 Å². The second-order valence-electron chi connectivity index (χ2n) is 5.41. The van der Waals surface area contributed by atoms with Crippen molar-refractivity contribution in [3.05, 3.63) is 83.5 Å². The molecule has 0 aliphatic heterocycles. The van der Waals surface area contributed by atoms with Crippen LogP contribution in [0.4, 0.5) is 0 Å². The van der Waals surface area contributed by atoms with Gasteiger partial charge in [-0.3, -0.25) is 4.79 Å². The minimum Gasteiger partial charge on any atom is -0.460 e. The number of benzene rings is 2. The Hall–Kier alpha value is -2.99. The zero-order valence-corrected chi connectivity index (χ0v) is 15.6. The Bertz CT molecular complexity index is 851. The van der Waals surface area contributed by atoms with Crippen molar-refractivity contribution in [2.24, 2.45) is 0 Å². The third kappa shape index (κ3) is 7.42. The molecular weight excluding hydrogens is 368 g/mol. The number of rotatable bonds is 6. The first-order chi connectivity index (χ1) is 13.1. The van der Waals surface area contributed by atoms with Gasteiger partial charge in [0.2, 0.25) is 11.1 Å². The SMILES string of the molecule is CCOC(=O)c1noc(Cc2ccccc2)n1.O=C(Cl)Cc1ccccc1. The average Bonchev–Trinajstić information content (AvgIpc) is 3.12. The molecule has 0 bridgehead atoms. The van der Waals surface area contributed by atoms with E-state index in [1.807, 2.05) is 60.7 Å². The predicted molar refractivity (Wildman–Crippen MR) is 101 cm³/mol. The molecule has 3 aromatic rings. The second kappa shape index (κ2) is 10.9. The maximum absolute atomic E-state index is 11.3. The van der Waals surface area contributed by atoms with Crippen LogP contribution in [0.2, 0.25) is 0 Å². The standard InChI is InChI=1S/C12H12N2O3.C8H7ClO/c1-2-16-12(15)11-13-10(17-14-11)8-9-6-4-3-5-7-9;9-8(10)6-7-4-2-1-3-5-7/h3-7H,2,8H2,1H3;1-5H,6H2. The van der Waals surface area contributed by atoms with Gasteiger partial charge >= 0.3 is 5.97 Å². The quantitative estimate of drug-likeness (QED) is 0.473. The van der Waals surface area contributed by atoms with Crippen molar-refractivity contribution in [1.29, 1.82) is 0 Å². The van der Waals surface area contributed by atoms with Crippen LogP contribution in [0, 0.1) is 0 Å². The largest absolute Gasteiger partial charge is 0.460 e. The molecule has 0 radical (unpaired) electrons. The molecule has 1 aromatic heterocycles. The number of carbonyl (C=O) groups excluding carboxylic acids is 2. The van der Waals surface area contributed by atoms with Gasteiger partial charge in [0.15, 0.2) is 0 Å². The van der Waals surface area contributed by atoms with E-state index in [4.69, 9.17) is 20.9 Å². The van der Waals surface area contributed by atoms with E-state index in [1.165, 1.54) is 0 Å². The molecule has 0 spiro atoms. The summed E-state index contributed by atoms with van der Waals surface area (Å²) in [6, 6.07) is 19.1. The lowest BCUT2D eigenvalue weighted by molar-refractivity contribution is -0.111. The van der Waals surface area contributed by atoms with Gasteiger partial charge in [-0.05, 0) is 34.8 Å². The maximum atomic E-state index is 11.3. The second-order valence-corrected chi connectivity index (χ2v) is 5.83. The van der Waals surface area contributed by atoms with Crippen molar-refractivity contribution < 1.29 is 18.8 Å². The van der Waals surface area contributed by atoms with Crippen LogP contribution in [0.15, 0.2) is 65.2 Å². The van der Waals surface area contributed by atoms with Gasteiger partial charge in [-0.25, -0.2) is 4.79 Å². The molecule has 0 fully saturated rings. The molecule has 0 unspecified atom stereocenters. The summed E-state index contributed by atoms with van der Waals surface area (Å²) in [5.41, 5.74) is 2.01. The van der Waals surface area contributed by atoms with Crippen molar-refractivity contribution in [3.8, 4) is 0 Å².